The molecule has 3 N–H and O–H groups in total. The van der Waals surface area contributed by atoms with E-state index < -0.39 is 11.8 Å². The van der Waals surface area contributed by atoms with Crippen molar-refractivity contribution in [1.82, 2.24) is 30.0 Å². The molecular weight excluding hydrogens is 432 g/mol. The highest BCUT2D eigenvalue weighted by Crippen LogP contribution is 2.39. The summed E-state index contributed by atoms with van der Waals surface area (Å²) in [6, 6.07) is 13.1. The molecule has 10 heteroatoms. The number of hydrogen-bond donors (Lipinski definition) is 3. The van der Waals surface area contributed by atoms with Crippen molar-refractivity contribution in [2.75, 3.05) is 17.7 Å². The van der Waals surface area contributed by atoms with E-state index in [0.717, 1.165) is 24.2 Å². The van der Waals surface area contributed by atoms with Gasteiger partial charge >= 0.3 is 0 Å². The topological polar surface area (TPSA) is 127 Å². The smallest absolute Gasteiger partial charge is 0.276 e. The van der Waals surface area contributed by atoms with Crippen molar-refractivity contribution in [1.29, 1.82) is 0 Å². The summed E-state index contributed by atoms with van der Waals surface area (Å²) in [4.78, 5) is 38.5. The van der Waals surface area contributed by atoms with Gasteiger partial charge in [0.05, 0.1) is 41.3 Å². The molecule has 1 fully saturated rings. The SMILES string of the molecule is CNC(=O)c1nn(-c2ccccc2)cc1NC(=O)c1nc(C2CC2)ccc1Nc1cncnc1. The van der Waals surface area contributed by atoms with Crippen LogP contribution in [0.1, 0.15) is 45.4 Å². The van der Waals surface area contributed by atoms with E-state index in [0.29, 0.717) is 17.3 Å². The lowest BCUT2D eigenvalue weighted by atomic mass is 10.2. The average molecular weight is 454 g/mol. The number of pyridine rings is 1. The maximum atomic E-state index is 13.4. The van der Waals surface area contributed by atoms with Gasteiger partial charge in [0.15, 0.2) is 11.4 Å². The molecule has 10 nitrogen and oxygen atoms in total. The molecule has 0 radical (unpaired) electrons. The van der Waals surface area contributed by atoms with E-state index in [2.05, 4.69) is 36.0 Å². The van der Waals surface area contributed by atoms with E-state index in [1.807, 2.05) is 42.5 Å². The third-order valence-corrected chi connectivity index (χ3v) is 5.39. The van der Waals surface area contributed by atoms with E-state index >= 15 is 0 Å². The van der Waals surface area contributed by atoms with Crippen LogP contribution < -0.4 is 16.0 Å². The summed E-state index contributed by atoms with van der Waals surface area (Å²) >= 11 is 0. The van der Waals surface area contributed by atoms with Crippen LogP contribution in [0.15, 0.2) is 67.4 Å². The van der Waals surface area contributed by atoms with Gasteiger partial charge in [-0.15, -0.1) is 0 Å². The van der Waals surface area contributed by atoms with Crippen LogP contribution >= 0.6 is 0 Å². The Balaban J connectivity index is 1.49. The van der Waals surface area contributed by atoms with E-state index in [-0.39, 0.29) is 17.1 Å². The molecule has 0 spiro atoms. The number of anilines is 3. The predicted molar refractivity (Wildman–Crippen MR) is 126 cm³/mol. The second-order valence-electron chi connectivity index (χ2n) is 7.86. The Labute approximate surface area is 195 Å². The van der Waals surface area contributed by atoms with Gasteiger partial charge < -0.3 is 16.0 Å². The van der Waals surface area contributed by atoms with Crippen LogP contribution in [0.2, 0.25) is 0 Å². The van der Waals surface area contributed by atoms with Crippen molar-refractivity contribution < 1.29 is 9.59 Å². The maximum absolute atomic E-state index is 13.4. The lowest BCUT2D eigenvalue weighted by molar-refractivity contribution is 0.0958. The maximum Gasteiger partial charge on any atom is 0.276 e. The minimum absolute atomic E-state index is 0.101. The van der Waals surface area contributed by atoms with Crippen molar-refractivity contribution in [3.8, 4) is 5.69 Å². The van der Waals surface area contributed by atoms with Crippen molar-refractivity contribution in [2.45, 2.75) is 18.8 Å². The number of rotatable bonds is 7. The summed E-state index contributed by atoms with van der Waals surface area (Å²) in [6.45, 7) is 0. The van der Waals surface area contributed by atoms with Crippen LogP contribution in [0.4, 0.5) is 17.1 Å². The van der Waals surface area contributed by atoms with Gasteiger partial charge in [0.25, 0.3) is 11.8 Å². The van der Waals surface area contributed by atoms with Crippen molar-refractivity contribution in [3.05, 3.63) is 84.5 Å². The first kappa shape index (κ1) is 21.3. The van der Waals surface area contributed by atoms with Gasteiger partial charge in [-0.2, -0.15) is 5.10 Å². The number of amides is 2. The summed E-state index contributed by atoms with van der Waals surface area (Å²) in [5, 5.41) is 12.9. The lowest BCUT2D eigenvalue weighted by Gasteiger charge is -2.12. The highest BCUT2D eigenvalue weighted by molar-refractivity contribution is 6.10. The van der Waals surface area contributed by atoms with Crippen molar-refractivity contribution in [3.63, 3.8) is 0 Å². The van der Waals surface area contributed by atoms with Gasteiger partial charge in [0.2, 0.25) is 0 Å². The number of hydrogen-bond acceptors (Lipinski definition) is 7. The molecule has 0 aliphatic heterocycles. The number of nitrogens with zero attached hydrogens (tertiary/aromatic N) is 5. The Morgan fingerprint density at radius 3 is 2.41 bits per heavy atom. The molecule has 0 unspecified atom stereocenters. The van der Waals surface area contributed by atoms with Gasteiger partial charge in [-0.1, -0.05) is 18.2 Å². The number of benzene rings is 1. The summed E-state index contributed by atoms with van der Waals surface area (Å²) in [7, 11) is 1.51. The first-order valence-corrected chi connectivity index (χ1v) is 10.8. The van der Waals surface area contributed by atoms with Crippen LogP contribution in [0.5, 0.6) is 0 Å². The molecule has 0 saturated heterocycles. The fraction of sp³-hybridized carbons (Fsp3) is 0.167. The first-order valence-electron chi connectivity index (χ1n) is 10.8. The van der Waals surface area contributed by atoms with E-state index in [9.17, 15) is 9.59 Å². The fourth-order valence-electron chi connectivity index (χ4n) is 3.52. The summed E-state index contributed by atoms with van der Waals surface area (Å²) in [6.07, 6.45) is 8.36. The van der Waals surface area contributed by atoms with Crippen molar-refractivity contribution in [2.24, 2.45) is 0 Å². The zero-order valence-corrected chi connectivity index (χ0v) is 18.4. The molecular formula is C24H22N8O2. The first-order chi connectivity index (χ1) is 16.6. The largest absolute Gasteiger partial charge is 0.354 e. The summed E-state index contributed by atoms with van der Waals surface area (Å²) in [5.41, 5.74) is 3.35. The molecule has 1 aliphatic rings. The zero-order valence-electron chi connectivity index (χ0n) is 18.4. The molecule has 3 aromatic heterocycles. The minimum Gasteiger partial charge on any atom is -0.354 e. The minimum atomic E-state index is -0.459. The molecule has 1 aromatic carbocycles. The summed E-state index contributed by atoms with van der Waals surface area (Å²) in [5.74, 6) is -0.507. The number of carbonyl (C=O) groups excluding carboxylic acids is 2. The lowest BCUT2D eigenvalue weighted by Crippen LogP contribution is -2.22. The number of aromatic nitrogens is 5. The average Bonchev–Trinajstić information content (AvgIpc) is 3.65. The quantitative estimate of drug-likeness (QED) is 0.391. The monoisotopic (exact) mass is 454 g/mol. The Morgan fingerprint density at radius 2 is 1.71 bits per heavy atom. The molecule has 3 heterocycles. The molecule has 4 aromatic rings. The third kappa shape index (κ3) is 4.46. The van der Waals surface area contributed by atoms with Crippen LogP contribution in [-0.2, 0) is 0 Å². The second kappa shape index (κ2) is 9.10. The third-order valence-electron chi connectivity index (χ3n) is 5.39. The van der Waals surface area contributed by atoms with Crippen LogP contribution in [0.3, 0.4) is 0 Å². The molecule has 1 aliphatic carbocycles. The molecule has 5 rings (SSSR count). The van der Waals surface area contributed by atoms with E-state index in [1.54, 1.807) is 23.3 Å². The van der Waals surface area contributed by atoms with Crippen LogP contribution in [-0.4, -0.2) is 43.6 Å². The van der Waals surface area contributed by atoms with Gasteiger partial charge in [0.1, 0.15) is 6.33 Å². The van der Waals surface area contributed by atoms with Gasteiger partial charge in [-0.05, 0) is 37.1 Å². The second-order valence-corrected chi connectivity index (χ2v) is 7.86. The highest BCUT2D eigenvalue weighted by atomic mass is 16.2. The van der Waals surface area contributed by atoms with E-state index in [4.69, 9.17) is 0 Å². The standard InChI is InChI=1S/C24H22N8O2/c1-25-23(33)22-20(13-32(31-22)17-5-3-2-4-6-17)30-24(34)21-19(28-16-11-26-14-27-12-16)10-9-18(29-21)15-7-8-15/h2-6,9-15,28H,7-8H2,1H3,(H,25,33)(H,30,34). The van der Waals surface area contributed by atoms with Gasteiger partial charge in [0, 0.05) is 18.7 Å². The predicted octanol–water partition coefficient (Wildman–Crippen LogP) is 3.29. The van der Waals surface area contributed by atoms with Crippen LogP contribution in [0, 0.1) is 0 Å². The Morgan fingerprint density at radius 1 is 0.941 bits per heavy atom. The molecule has 170 valence electrons. The molecule has 2 amide bonds. The number of carbonyl (C=O) groups is 2. The van der Waals surface area contributed by atoms with Gasteiger partial charge in [-0.25, -0.2) is 19.6 Å². The van der Waals surface area contributed by atoms with Gasteiger partial charge in [-0.3, -0.25) is 9.59 Å². The Bertz CT molecular complexity index is 1330. The van der Waals surface area contributed by atoms with E-state index in [1.165, 1.54) is 13.4 Å². The van der Waals surface area contributed by atoms with Crippen LogP contribution in [0.25, 0.3) is 5.69 Å². The molecule has 1 saturated carbocycles. The summed E-state index contributed by atoms with van der Waals surface area (Å²) < 4.78 is 1.55. The Hall–Kier alpha value is -4.60. The highest BCUT2D eigenvalue weighted by Gasteiger charge is 2.28. The zero-order chi connectivity index (χ0) is 23.5. The number of nitrogens with one attached hydrogen (secondary N) is 3. The fourth-order valence-corrected chi connectivity index (χ4v) is 3.52. The molecule has 0 bridgehead atoms. The normalized spacial score (nSPS) is 12.7. The number of para-hydroxylation sites is 1. The molecule has 34 heavy (non-hydrogen) atoms. The molecule has 0 atom stereocenters. The Kier molecular flexibility index (Phi) is 5.69. The van der Waals surface area contributed by atoms with Crippen molar-refractivity contribution >= 4 is 28.9 Å².